The van der Waals surface area contributed by atoms with Crippen LogP contribution in [0.2, 0.25) is 0 Å². The summed E-state index contributed by atoms with van der Waals surface area (Å²) in [6.45, 7) is 6.13. The third kappa shape index (κ3) is 4.87. The number of halogens is 1. The molecule has 2 rings (SSSR count). The predicted octanol–water partition coefficient (Wildman–Crippen LogP) is 4.58. The Morgan fingerprint density at radius 1 is 1.05 bits per heavy atom. The lowest BCUT2D eigenvalue weighted by Crippen LogP contribution is -2.22. The van der Waals surface area contributed by atoms with Gasteiger partial charge < -0.3 is 10.2 Å². The molecule has 0 aliphatic rings. The van der Waals surface area contributed by atoms with Gasteiger partial charge in [0.15, 0.2) is 0 Å². The zero-order chi connectivity index (χ0) is 15.2. The molecule has 0 bridgehead atoms. The minimum absolute atomic E-state index is 0.504. The van der Waals surface area contributed by atoms with E-state index in [1.54, 1.807) is 0 Å². The number of anilines is 1. The third-order valence-corrected chi connectivity index (χ3v) is 4.04. The average Bonchev–Trinajstić information content (AvgIpc) is 2.46. The first-order valence-corrected chi connectivity index (χ1v) is 8.12. The smallest absolute Gasteiger partial charge is 0.0511 e. The van der Waals surface area contributed by atoms with Crippen molar-refractivity contribution in [2.75, 3.05) is 11.9 Å². The monoisotopic (exact) mass is 346 g/mol. The molecule has 0 unspecified atom stereocenters. The molecular formula is C18H23BrN2. The van der Waals surface area contributed by atoms with Crippen molar-refractivity contribution in [3.05, 3.63) is 64.1 Å². The predicted molar refractivity (Wildman–Crippen MR) is 94.7 cm³/mol. The van der Waals surface area contributed by atoms with E-state index in [2.05, 4.69) is 95.6 Å². The Hall–Kier alpha value is -1.32. The number of rotatable bonds is 6. The first-order valence-electron chi connectivity index (χ1n) is 7.33. The molecule has 2 nitrogen and oxygen atoms in total. The van der Waals surface area contributed by atoms with Gasteiger partial charge in [0.05, 0.1) is 5.69 Å². The average molecular weight is 347 g/mol. The second-order valence-electron chi connectivity index (χ2n) is 5.66. The van der Waals surface area contributed by atoms with Crippen LogP contribution in [0, 0.1) is 0 Å². The molecule has 0 saturated carbocycles. The maximum absolute atomic E-state index is 3.70. The molecule has 0 heterocycles. The molecule has 0 saturated heterocycles. The van der Waals surface area contributed by atoms with E-state index in [0.717, 1.165) is 17.6 Å². The molecule has 21 heavy (non-hydrogen) atoms. The van der Waals surface area contributed by atoms with Crippen LogP contribution in [-0.4, -0.2) is 13.1 Å². The Morgan fingerprint density at radius 3 is 2.38 bits per heavy atom. The van der Waals surface area contributed by atoms with E-state index in [0.29, 0.717) is 6.04 Å². The van der Waals surface area contributed by atoms with Gasteiger partial charge in [0.25, 0.3) is 0 Å². The number of nitrogens with one attached hydrogen (secondary N) is 1. The fraction of sp³-hybridized carbons (Fsp3) is 0.333. The summed E-state index contributed by atoms with van der Waals surface area (Å²) < 4.78 is 1.14. The zero-order valence-electron chi connectivity index (χ0n) is 12.9. The lowest BCUT2D eigenvalue weighted by Gasteiger charge is -2.21. The summed E-state index contributed by atoms with van der Waals surface area (Å²) in [5.74, 6) is 0. The van der Waals surface area contributed by atoms with Crippen LogP contribution in [0.4, 0.5) is 5.69 Å². The Bertz CT molecular complexity index is 567. The van der Waals surface area contributed by atoms with Crippen molar-refractivity contribution in [3.8, 4) is 0 Å². The topological polar surface area (TPSA) is 15.3 Å². The van der Waals surface area contributed by atoms with E-state index >= 15 is 0 Å². The van der Waals surface area contributed by atoms with E-state index in [1.807, 2.05) is 0 Å². The van der Waals surface area contributed by atoms with E-state index in [-0.39, 0.29) is 0 Å². The van der Waals surface area contributed by atoms with Crippen LogP contribution >= 0.6 is 15.9 Å². The standard InChI is InChI=1S/C18H23BrN2/c1-14(2)20-12-16-9-10-18(17(19)11-16)21(3)13-15-7-5-4-6-8-15/h4-11,14,20H,12-13H2,1-3H3. The quantitative estimate of drug-likeness (QED) is 0.823. The van der Waals surface area contributed by atoms with Gasteiger partial charge >= 0.3 is 0 Å². The lowest BCUT2D eigenvalue weighted by atomic mass is 10.1. The van der Waals surface area contributed by atoms with Gasteiger partial charge in [-0.25, -0.2) is 0 Å². The second kappa shape index (κ2) is 7.62. The highest BCUT2D eigenvalue weighted by molar-refractivity contribution is 9.10. The van der Waals surface area contributed by atoms with Crippen LogP contribution in [-0.2, 0) is 13.1 Å². The minimum atomic E-state index is 0.504. The van der Waals surface area contributed by atoms with E-state index < -0.39 is 0 Å². The maximum atomic E-state index is 3.70. The molecule has 0 amide bonds. The normalized spacial score (nSPS) is 10.9. The highest BCUT2D eigenvalue weighted by atomic mass is 79.9. The summed E-state index contributed by atoms with van der Waals surface area (Å²) in [4.78, 5) is 2.26. The summed E-state index contributed by atoms with van der Waals surface area (Å²) in [6, 6.07) is 17.6. The van der Waals surface area contributed by atoms with Gasteiger partial charge in [-0.2, -0.15) is 0 Å². The van der Waals surface area contributed by atoms with Crippen LogP contribution in [0.25, 0.3) is 0 Å². The molecule has 0 fully saturated rings. The molecule has 112 valence electrons. The van der Waals surface area contributed by atoms with Gasteiger partial charge in [-0.1, -0.05) is 50.2 Å². The van der Waals surface area contributed by atoms with Crippen molar-refractivity contribution >= 4 is 21.6 Å². The van der Waals surface area contributed by atoms with Gasteiger partial charge in [-0.05, 0) is 39.2 Å². The van der Waals surface area contributed by atoms with Gasteiger partial charge in [0.2, 0.25) is 0 Å². The van der Waals surface area contributed by atoms with E-state index in [1.165, 1.54) is 16.8 Å². The number of hydrogen-bond acceptors (Lipinski definition) is 2. The zero-order valence-corrected chi connectivity index (χ0v) is 14.5. The molecule has 0 radical (unpaired) electrons. The summed E-state index contributed by atoms with van der Waals surface area (Å²) in [5, 5.41) is 3.44. The molecule has 0 spiro atoms. The summed E-state index contributed by atoms with van der Waals surface area (Å²) in [5.41, 5.74) is 3.83. The number of benzene rings is 2. The molecule has 0 aliphatic carbocycles. The first kappa shape index (κ1) is 16.1. The molecule has 3 heteroatoms. The summed E-state index contributed by atoms with van der Waals surface area (Å²) >= 11 is 3.70. The fourth-order valence-corrected chi connectivity index (χ4v) is 2.96. The molecule has 2 aromatic rings. The molecule has 1 N–H and O–H groups in total. The SMILES string of the molecule is CC(C)NCc1ccc(N(C)Cc2ccccc2)c(Br)c1. The first-order chi connectivity index (χ1) is 10.1. The lowest BCUT2D eigenvalue weighted by molar-refractivity contribution is 0.589. The van der Waals surface area contributed by atoms with Crippen molar-refractivity contribution in [1.29, 1.82) is 0 Å². The van der Waals surface area contributed by atoms with Gasteiger partial charge in [0.1, 0.15) is 0 Å². The number of hydrogen-bond donors (Lipinski definition) is 1. The van der Waals surface area contributed by atoms with E-state index in [4.69, 9.17) is 0 Å². The maximum Gasteiger partial charge on any atom is 0.0511 e. The van der Waals surface area contributed by atoms with Crippen LogP contribution in [0.15, 0.2) is 53.0 Å². The second-order valence-corrected chi connectivity index (χ2v) is 6.52. The molecular weight excluding hydrogens is 324 g/mol. The Labute approximate surface area is 136 Å². The Morgan fingerprint density at radius 2 is 1.76 bits per heavy atom. The molecule has 2 aromatic carbocycles. The number of nitrogens with zero attached hydrogens (tertiary/aromatic N) is 1. The van der Waals surface area contributed by atoms with Crippen LogP contribution in [0.1, 0.15) is 25.0 Å². The van der Waals surface area contributed by atoms with Crippen molar-refractivity contribution in [3.63, 3.8) is 0 Å². The highest BCUT2D eigenvalue weighted by Gasteiger charge is 2.07. The largest absolute Gasteiger partial charge is 0.369 e. The molecule has 0 aliphatic heterocycles. The Balaban J connectivity index is 2.06. The highest BCUT2D eigenvalue weighted by Crippen LogP contribution is 2.27. The molecule has 0 atom stereocenters. The fourth-order valence-electron chi connectivity index (χ4n) is 2.23. The van der Waals surface area contributed by atoms with Crippen LogP contribution in [0.5, 0.6) is 0 Å². The Kier molecular flexibility index (Phi) is 5.83. The summed E-state index contributed by atoms with van der Waals surface area (Å²) in [6.07, 6.45) is 0. The molecule has 0 aromatic heterocycles. The van der Waals surface area contributed by atoms with Crippen LogP contribution < -0.4 is 10.2 Å². The van der Waals surface area contributed by atoms with Crippen molar-refractivity contribution < 1.29 is 0 Å². The van der Waals surface area contributed by atoms with E-state index in [9.17, 15) is 0 Å². The van der Waals surface area contributed by atoms with Gasteiger partial charge in [-0.3, -0.25) is 0 Å². The minimum Gasteiger partial charge on any atom is -0.369 e. The van der Waals surface area contributed by atoms with Crippen molar-refractivity contribution in [1.82, 2.24) is 5.32 Å². The van der Waals surface area contributed by atoms with Gasteiger partial charge in [0, 0.05) is 30.7 Å². The van der Waals surface area contributed by atoms with Crippen LogP contribution in [0.3, 0.4) is 0 Å². The van der Waals surface area contributed by atoms with Gasteiger partial charge in [-0.15, -0.1) is 0 Å². The summed E-state index contributed by atoms with van der Waals surface area (Å²) in [7, 11) is 2.12. The van der Waals surface area contributed by atoms with Crippen molar-refractivity contribution in [2.24, 2.45) is 0 Å². The third-order valence-electron chi connectivity index (χ3n) is 3.40. The van der Waals surface area contributed by atoms with Crippen molar-refractivity contribution in [2.45, 2.75) is 33.0 Å².